The van der Waals surface area contributed by atoms with Gasteiger partial charge in [0.2, 0.25) is 0 Å². The summed E-state index contributed by atoms with van der Waals surface area (Å²) in [7, 11) is 0. The molecule has 1 fully saturated rings. The molecule has 0 aliphatic carbocycles. The summed E-state index contributed by atoms with van der Waals surface area (Å²) in [5.74, 6) is -0.883. The number of benzene rings is 2. The highest BCUT2D eigenvalue weighted by Crippen LogP contribution is 2.34. The number of nitrogens with zero attached hydrogens (tertiary/aromatic N) is 1. The van der Waals surface area contributed by atoms with Crippen molar-refractivity contribution in [1.29, 1.82) is 0 Å². The predicted molar refractivity (Wildman–Crippen MR) is 97.1 cm³/mol. The zero-order chi connectivity index (χ0) is 18.0. The van der Waals surface area contributed by atoms with Gasteiger partial charge in [-0.25, -0.2) is 0 Å². The first-order valence-electron chi connectivity index (χ1n) is 7.83. The molecule has 2 aromatic rings. The molecule has 25 heavy (non-hydrogen) atoms. The van der Waals surface area contributed by atoms with Gasteiger partial charge < -0.3 is 10.2 Å². The first-order chi connectivity index (χ1) is 12.0. The molecule has 1 aliphatic heterocycles. The highest BCUT2D eigenvalue weighted by atomic mass is 32.2. The van der Waals surface area contributed by atoms with Crippen molar-refractivity contribution >= 4 is 29.0 Å². The molecular formula is C19H17NO4S. The number of amides is 2. The molecule has 0 aromatic heterocycles. The Morgan fingerprint density at radius 1 is 1.00 bits per heavy atom. The van der Waals surface area contributed by atoms with E-state index < -0.39 is 0 Å². The van der Waals surface area contributed by atoms with Crippen LogP contribution in [0.25, 0.3) is 6.08 Å². The lowest BCUT2D eigenvalue weighted by molar-refractivity contribution is -0.123. The van der Waals surface area contributed by atoms with Crippen LogP contribution < -0.4 is 0 Å². The van der Waals surface area contributed by atoms with Gasteiger partial charge in [-0.15, -0.1) is 0 Å². The van der Waals surface area contributed by atoms with Gasteiger partial charge >= 0.3 is 0 Å². The number of hydrogen-bond donors (Lipinski definition) is 2. The molecule has 0 saturated carbocycles. The molecule has 128 valence electrons. The fourth-order valence-corrected chi connectivity index (χ4v) is 3.33. The first kappa shape index (κ1) is 17.1. The lowest BCUT2D eigenvalue weighted by Gasteiger charge is -2.12. The third kappa shape index (κ3) is 3.69. The second-order valence-electron chi connectivity index (χ2n) is 5.69. The SMILES string of the molecule is CCc1ccc(/C=C2\SC(=O)N(Cc3ccc(O)c(O)c3)C2=O)cc1. The van der Waals surface area contributed by atoms with E-state index in [4.69, 9.17) is 0 Å². The molecular weight excluding hydrogens is 338 g/mol. The van der Waals surface area contributed by atoms with Crippen LogP contribution in [0.15, 0.2) is 47.4 Å². The minimum absolute atomic E-state index is 0.0462. The first-order valence-corrected chi connectivity index (χ1v) is 8.64. The number of rotatable bonds is 4. The van der Waals surface area contributed by atoms with Gasteiger partial charge in [-0.3, -0.25) is 14.5 Å². The van der Waals surface area contributed by atoms with E-state index in [1.165, 1.54) is 17.7 Å². The number of aryl methyl sites for hydroxylation is 1. The Morgan fingerprint density at radius 2 is 1.68 bits per heavy atom. The largest absolute Gasteiger partial charge is 0.504 e. The van der Waals surface area contributed by atoms with Gasteiger partial charge in [0.1, 0.15) is 0 Å². The predicted octanol–water partition coefficient (Wildman–Crippen LogP) is 3.90. The van der Waals surface area contributed by atoms with Crippen molar-refractivity contribution in [3.05, 3.63) is 64.1 Å². The molecule has 0 bridgehead atoms. The summed E-state index contributed by atoms with van der Waals surface area (Å²) in [6.45, 7) is 2.12. The van der Waals surface area contributed by atoms with Crippen LogP contribution in [0.2, 0.25) is 0 Å². The van der Waals surface area contributed by atoms with E-state index in [-0.39, 0.29) is 29.2 Å². The highest BCUT2D eigenvalue weighted by molar-refractivity contribution is 8.18. The molecule has 2 aromatic carbocycles. The minimum Gasteiger partial charge on any atom is -0.504 e. The number of hydrogen-bond acceptors (Lipinski definition) is 5. The van der Waals surface area contributed by atoms with Gasteiger partial charge in [-0.05, 0) is 53.1 Å². The number of phenols is 2. The lowest BCUT2D eigenvalue weighted by atomic mass is 10.1. The van der Waals surface area contributed by atoms with Gasteiger partial charge in [0.15, 0.2) is 11.5 Å². The zero-order valence-electron chi connectivity index (χ0n) is 13.6. The third-order valence-corrected chi connectivity index (χ3v) is 4.85. The summed E-state index contributed by atoms with van der Waals surface area (Å²) in [5, 5.41) is 18.5. The van der Waals surface area contributed by atoms with Gasteiger partial charge in [0.25, 0.3) is 11.1 Å². The summed E-state index contributed by atoms with van der Waals surface area (Å²) in [6.07, 6.45) is 2.65. The smallest absolute Gasteiger partial charge is 0.293 e. The molecule has 0 spiro atoms. The van der Waals surface area contributed by atoms with Crippen molar-refractivity contribution in [2.45, 2.75) is 19.9 Å². The Kier molecular flexibility index (Phi) is 4.81. The van der Waals surface area contributed by atoms with Crippen LogP contribution in [0, 0.1) is 0 Å². The van der Waals surface area contributed by atoms with Gasteiger partial charge in [0.05, 0.1) is 11.4 Å². The average molecular weight is 355 g/mol. The highest BCUT2D eigenvalue weighted by Gasteiger charge is 2.35. The van der Waals surface area contributed by atoms with Crippen LogP contribution in [-0.4, -0.2) is 26.3 Å². The molecule has 2 N–H and O–H groups in total. The van der Waals surface area contributed by atoms with Gasteiger partial charge in [0, 0.05) is 0 Å². The van der Waals surface area contributed by atoms with Crippen molar-refractivity contribution in [3.63, 3.8) is 0 Å². The van der Waals surface area contributed by atoms with E-state index in [0.29, 0.717) is 10.5 Å². The number of phenolic OH excluding ortho intramolecular Hbond substituents is 2. The molecule has 3 rings (SSSR count). The van der Waals surface area contributed by atoms with E-state index in [2.05, 4.69) is 6.92 Å². The minimum atomic E-state index is -0.359. The Labute approximate surface area is 149 Å². The number of carbonyl (C=O) groups is 2. The molecule has 0 atom stereocenters. The van der Waals surface area contributed by atoms with E-state index in [0.717, 1.165) is 28.6 Å². The van der Waals surface area contributed by atoms with E-state index in [1.54, 1.807) is 12.1 Å². The number of carbonyl (C=O) groups excluding carboxylic acids is 2. The Bertz CT molecular complexity index is 858. The molecule has 1 saturated heterocycles. The lowest BCUT2D eigenvalue weighted by Crippen LogP contribution is -2.27. The maximum Gasteiger partial charge on any atom is 0.293 e. The van der Waals surface area contributed by atoms with Crippen LogP contribution >= 0.6 is 11.8 Å². The number of thioether (sulfide) groups is 1. The number of imide groups is 1. The van der Waals surface area contributed by atoms with Gasteiger partial charge in [-0.1, -0.05) is 37.3 Å². The van der Waals surface area contributed by atoms with Crippen molar-refractivity contribution in [3.8, 4) is 11.5 Å². The normalized spacial score (nSPS) is 16.0. The maximum atomic E-state index is 12.5. The second-order valence-corrected chi connectivity index (χ2v) is 6.68. The van der Waals surface area contributed by atoms with Crippen LogP contribution in [-0.2, 0) is 17.8 Å². The van der Waals surface area contributed by atoms with E-state index >= 15 is 0 Å². The third-order valence-electron chi connectivity index (χ3n) is 3.94. The topological polar surface area (TPSA) is 77.8 Å². The van der Waals surface area contributed by atoms with Crippen molar-refractivity contribution in [1.82, 2.24) is 4.90 Å². The second kappa shape index (κ2) is 7.03. The van der Waals surface area contributed by atoms with Crippen molar-refractivity contribution < 1.29 is 19.8 Å². The quantitative estimate of drug-likeness (QED) is 0.642. The van der Waals surface area contributed by atoms with Crippen molar-refractivity contribution in [2.24, 2.45) is 0 Å². The zero-order valence-corrected chi connectivity index (χ0v) is 14.4. The molecule has 5 nitrogen and oxygen atoms in total. The molecule has 1 heterocycles. The van der Waals surface area contributed by atoms with Crippen LogP contribution in [0.5, 0.6) is 11.5 Å². The molecule has 2 amide bonds. The molecule has 0 unspecified atom stereocenters. The van der Waals surface area contributed by atoms with Gasteiger partial charge in [-0.2, -0.15) is 0 Å². The summed E-state index contributed by atoms with van der Waals surface area (Å²) >= 11 is 0.900. The van der Waals surface area contributed by atoms with E-state index in [9.17, 15) is 19.8 Å². The fraction of sp³-hybridized carbons (Fsp3) is 0.158. The van der Waals surface area contributed by atoms with Crippen LogP contribution in [0.1, 0.15) is 23.6 Å². The Hall–Kier alpha value is -2.73. The summed E-state index contributed by atoms with van der Waals surface area (Å²) in [4.78, 5) is 26.2. The summed E-state index contributed by atoms with van der Waals surface area (Å²) in [5.41, 5.74) is 2.63. The monoisotopic (exact) mass is 355 g/mol. The van der Waals surface area contributed by atoms with Crippen LogP contribution in [0.4, 0.5) is 4.79 Å². The van der Waals surface area contributed by atoms with Crippen LogP contribution in [0.3, 0.4) is 0 Å². The molecule has 6 heteroatoms. The van der Waals surface area contributed by atoms with Crippen molar-refractivity contribution in [2.75, 3.05) is 0 Å². The Morgan fingerprint density at radius 3 is 2.32 bits per heavy atom. The summed E-state index contributed by atoms with van der Waals surface area (Å²) in [6, 6.07) is 12.1. The fourth-order valence-electron chi connectivity index (χ4n) is 2.49. The Balaban J connectivity index is 1.79. The number of aromatic hydroxyl groups is 2. The average Bonchev–Trinajstić information content (AvgIpc) is 2.86. The standard InChI is InChI=1S/C19H17NO4S/c1-2-12-3-5-13(6-4-12)10-17-18(23)20(19(24)25-17)11-14-7-8-15(21)16(22)9-14/h3-10,21-22H,2,11H2,1H3/b17-10-. The van der Waals surface area contributed by atoms with E-state index in [1.807, 2.05) is 24.3 Å². The maximum absolute atomic E-state index is 12.5. The molecule has 1 aliphatic rings. The molecule has 0 radical (unpaired) electrons. The summed E-state index contributed by atoms with van der Waals surface area (Å²) < 4.78 is 0.